The highest BCUT2D eigenvalue weighted by atomic mass is 16.5. The first-order chi connectivity index (χ1) is 6.12. The van der Waals surface area contributed by atoms with Crippen LogP contribution in [0, 0.1) is 11.8 Å². The minimum atomic E-state index is -0.289. The Morgan fingerprint density at radius 3 is 2.62 bits per heavy atom. The van der Waals surface area contributed by atoms with E-state index in [0.29, 0.717) is 0 Å². The zero-order chi connectivity index (χ0) is 10.2. The average molecular weight is 180 g/mol. The van der Waals surface area contributed by atoms with Crippen molar-refractivity contribution in [2.24, 2.45) is 0 Å². The Balaban J connectivity index is 3.49. The summed E-state index contributed by atoms with van der Waals surface area (Å²) in [7, 11) is 0. The molecule has 0 fully saturated rings. The average Bonchev–Trinajstić information content (AvgIpc) is 2.04. The van der Waals surface area contributed by atoms with E-state index in [1.807, 2.05) is 26.8 Å². The zero-order valence-corrected chi connectivity index (χ0v) is 9.02. The molecule has 13 heavy (non-hydrogen) atoms. The topological polar surface area (TPSA) is 9.23 Å². The van der Waals surface area contributed by atoms with Crippen molar-refractivity contribution in [1.29, 1.82) is 0 Å². The normalized spacial score (nSPS) is 10.4. The van der Waals surface area contributed by atoms with Crippen LogP contribution in [0.5, 0.6) is 0 Å². The first kappa shape index (κ1) is 12.3. The molecule has 0 aliphatic heterocycles. The second-order valence-corrected chi connectivity index (χ2v) is 3.52. The van der Waals surface area contributed by atoms with Gasteiger partial charge < -0.3 is 4.74 Å². The van der Waals surface area contributed by atoms with Gasteiger partial charge in [-0.2, -0.15) is 0 Å². The van der Waals surface area contributed by atoms with Gasteiger partial charge in [0.05, 0.1) is 0 Å². The Kier molecular flexibility index (Phi) is 6.36. The largest absolute Gasteiger partial charge is 0.363 e. The lowest BCUT2D eigenvalue weighted by atomic mass is 10.1. The van der Waals surface area contributed by atoms with Crippen molar-refractivity contribution in [3.63, 3.8) is 0 Å². The molecule has 0 amide bonds. The van der Waals surface area contributed by atoms with Crippen molar-refractivity contribution >= 4 is 0 Å². The first-order valence-electron chi connectivity index (χ1n) is 4.81. The lowest BCUT2D eigenvalue weighted by Gasteiger charge is -2.18. The molecule has 0 aromatic rings. The molecule has 0 radical (unpaired) electrons. The predicted octanol–water partition coefficient (Wildman–Crippen LogP) is 3.16. The quantitative estimate of drug-likeness (QED) is 0.346. The van der Waals surface area contributed by atoms with E-state index in [2.05, 4.69) is 18.4 Å². The van der Waals surface area contributed by atoms with E-state index in [4.69, 9.17) is 4.74 Å². The van der Waals surface area contributed by atoms with Crippen LogP contribution in [0.15, 0.2) is 12.7 Å². The van der Waals surface area contributed by atoms with E-state index < -0.39 is 0 Å². The van der Waals surface area contributed by atoms with Crippen LogP contribution in [-0.4, -0.2) is 12.2 Å². The second kappa shape index (κ2) is 6.74. The lowest BCUT2D eigenvalue weighted by molar-refractivity contribution is 0.0250. The molecule has 1 nitrogen and oxygen atoms in total. The molecule has 0 unspecified atom stereocenters. The SMILES string of the molecule is C=CCCCCOC(C)(C)C#CC. The number of hydrogen-bond donors (Lipinski definition) is 0. The molecule has 0 spiro atoms. The maximum Gasteiger partial charge on any atom is 0.123 e. The Morgan fingerprint density at radius 2 is 2.08 bits per heavy atom. The molecule has 0 aromatic carbocycles. The van der Waals surface area contributed by atoms with E-state index in [1.54, 1.807) is 0 Å². The summed E-state index contributed by atoms with van der Waals surface area (Å²) in [5.74, 6) is 5.89. The molecule has 74 valence electrons. The van der Waals surface area contributed by atoms with Gasteiger partial charge in [0.15, 0.2) is 0 Å². The van der Waals surface area contributed by atoms with Crippen molar-refractivity contribution in [3.8, 4) is 11.8 Å². The van der Waals surface area contributed by atoms with Crippen LogP contribution in [0.3, 0.4) is 0 Å². The van der Waals surface area contributed by atoms with Crippen LogP contribution in [0.25, 0.3) is 0 Å². The lowest BCUT2D eigenvalue weighted by Crippen LogP contribution is -2.22. The maximum atomic E-state index is 5.61. The van der Waals surface area contributed by atoms with Crippen LogP contribution in [-0.2, 0) is 4.74 Å². The number of allylic oxidation sites excluding steroid dienone is 1. The summed E-state index contributed by atoms with van der Waals surface area (Å²) in [5, 5.41) is 0. The predicted molar refractivity (Wildman–Crippen MR) is 57.5 cm³/mol. The molecular weight excluding hydrogens is 160 g/mol. The summed E-state index contributed by atoms with van der Waals surface area (Å²) in [6, 6.07) is 0. The Bertz CT molecular complexity index is 193. The molecule has 0 heterocycles. The number of rotatable bonds is 6. The van der Waals surface area contributed by atoms with Gasteiger partial charge in [0, 0.05) is 6.61 Å². The van der Waals surface area contributed by atoms with Gasteiger partial charge in [-0.25, -0.2) is 0 Å². The Hall–Kier alpha value is -0.740. The van der Waals surface area contributed by atoms with Gasteiger partial charge in [0.25, 0.3) is 0 Å². The first-order valence-corrected chi connectivity index (χ1v) is 4.81. The summed E-state index contributed by atoms with van der Waals surface area (Å²) in [6.07, 6.45) is 5.25. The van der Waals surface area contributed by atoms with Gasteiger partial charge in [-0.05, 0) is 40.0 Å². The fourth-order valence-corrected chi connectivity index (χ4v) is 1.06. The van der Waals surface area contributed by atoms with E-state index in [0.717, 1.165) is 25.9 Å². The maximum absolute atomic E-state index is 5.61. The fourth-order valence-electron chi connectivity index (χ4n) is 1.06. The molecule has 0 rings (SSSR count). The summed E-state index contributed by atoms with van der Waals surface area (Å²) >= 11 is 0. The Morgan fingerprint density at radius 1 is 1.38 bits per heavy atom. The van der Waals surface area contributed by atoms with Crippen molar-refractivity contribution in [3.05, 3.63) is 12.7 Å². The number of hydrogen-bond acceptors (Lipinski definition) is 1. The van der Waals surface area contributed by atoms with Gasteiger partial charge >= 0.3 is 0 Å². The zero-order valence-electron chi connectivity index (χ0n) is 9.02. The third-order valence-electron chi connectivity index (χ3n) is 1.69. The highest BCUT2D eigenvalue weighted by Crippen LogP contribution is 2.08. The summed E-state index contributed by atoms with van der Waals surface area (Å²) in [6.45, 7) is 10.3. The monoisotopic (exact) mass is 180 g/mol. The Labute approximate surface area is 82.2 Å². The minimum absolute atomic E-state index is 0.289. The van der Waals surface area contributed by atoms with E-state index >= 15 is 0 Å². The number of unbranched alkanes of at least 4 members (excludes halogenated alkanes) is 2. The van der Waals surface area contributed by atoms with Crippen LogP contribution < -0.4 is 0 Å². The summed E-state index contributed by atoms with van der Waals surface area (Å²) in [4.78, 5) is 0. The van der Waals surface area contributed by atoms with Crippen LogP contribution >= 0.6 is 0 Å². The molecule has 0 atom stereocenters. The van der Waals surface area contributed by atoms with Crippen molar-refractivity contribution in [1.82, 2.24) is 0 Å². The fraction of sp³-hybridized carbons (Fsp3) is 0.667. The van der Waals surface area contributed by atoms with E-state index in [1.165, 1.54) is 0 Å². The second-order valence-electron chi connectivity index (χ2n) is 3.52. The highest BCUT2D eigenvalue weighted by Gasteiger charge is 2.12. The van der Waals surface area contributed by atoms with Gasteiger partial charge in [-0.1, -0.05) is 12.0 Å². The summed E-state index contributed by atoms with van der Waals surface area (Å²) < 4.78 is 5.61. The van der Waals surface area contributed by atoms with Gasteiger partial charge in [-0.3, -0.25) is 0 Å². The van der Waals surface area contributed by atoms with Crippen molar-refractivity contribution in [2.75, 3.05) is 6.61 Å². The molecule has 0 bridgehead atoms. The van der Waals surface area contributed by atoms with Crippen LogP contribution in [0.4, 0.5) is 0 Å². The molecule has 0 aliphatic carbocycles. The molecular formula is C12H20O. The highest BCUT2D eigenvalue weighted by molar-refractivity contribution is 5.08. The van der Waals surface area contributed by atoms with Crippen molar-refractivity contribution < 1.29 is 4.74 Å². The third-order valence-corrected chi connectivity index (χ3v) is 1.69. The van der Waals surface area contributed by atoms with Crippen LogP contribution in [0.2, 0.25) is 0 Å². The van der Waals surface area contributed by atoms with E-state index in [-0.39, 0.29) is 5.60 Å². The number of ether oxygens (including phenoxy) is 1. The third kappa shape index (κ3) is 7.62. The standard InChI is InChI=1S/C12H20O/c1-5-7-8-9-11-13-12(3,4)10-6-2/h5H,1,7-9,11H2,2-4H3. The van der Waals surface area contributed by atoms with E-state index in [9.17, 15) is 0 Å². The molecule has 0 N–H and O–H groups in total. The minimum Gasteiger partial charge on any atom is -0.363 e. The molecule has 0 saturated heterocycles. The molecule has 0 saturated carbocycles. The smallest absolute Gasteiger partial charge is 0.123 e. The molecule has 0 aromatic heterocycles. The van der Waals surface area contributed by atoms with Gasteiger partial charge in [-0.15, -0.1) is 12.5 Å². The molecule has 1 heteroatoms. The molecule has 0 aliphatic rings. The summed E-state index contributed by atoms with van der Waals surface area (Å²) in [5.41, 5.74) is -0.289. The van der Waals surface area contributed by atoms with Gasteiger partial charge in [0.1, 0.15) is 5.60 Å². The van der Waals surface area contributed by atoms with Crippen molar-refractivity contribution in [2.45, 2.75) is 45.6 Å². The van der Waals surface area contributed by atoms with Gasteiger partial charge in [0.2, 0.25) is 0 Å². The van der Waals surface area contributed by atoms with Crippen LogP contribution in [0.1, 0.15) is 40.0 Å².